The Hall–Kier alpha value is -0.860. The molecule has 1 unspecified atom stereocenters. The van der Waals surface area contributed by atoms with Gasteiger partial charge in [-0.3, -0.25) is 0 Å². The van der Waals surface area contributed by atoms with E-state index in [1.54, 1.807) is 0 Å². The van der Waals surface area contributed by atoms with Gasteiger partial charge in [0, 0.05) is 25.4 Å². The van der Waals surface area contributed by atoms with Crippen LogP contribution in [-0.2, 0) is 0 Å². The van der Waals surface area contributed by atoms with Gasteiger partial charge in [-0.25, -0.2) is 0 Å². The average molecular weight is 248 g/mol. The smallest absolute Gasteiger partial charge is 0.0275 e. The van der Waals surface area contributed by atoms with Crippen LogP contribution in [0.15, 0.2) is 30.8 Å². The van der Waals surface area contributed by atoms with Crippen LogP contribution in [0.2, 0.25) is 0 Å². The van der Waals surface area contributed by atoms with E-state index in [1.807, 2.05) is 28.7 Å². The molecule has 0 amide bonds. The van der Waals surface area contributed by atoms with Crippen LogP contribution in [0, 0.1) is 6.92 Å². The monoisotopic (exact) mass is 248 g/mol. The first-order chi connectivity index (χ1) is 7.74. The van der Waals surface area contributed by atoms with E-state index in [4.69, 9.17) is 0 Å². The largest absolute Gasteiger partial charge is 0.145 e. The molecular weight excluding hydrogens is 232 g/mol. The third-order valence-corrected chi connectivity index (χ3v) is 5.01. The van der Waals surface area contributed by atoms with Gasteiger partial charge in [-0.1, -0.05) is 19.6 Å². The molecule has 0 saturated heterocycles. The van der Waals surface area contributed by atoms with E-state index in [0.717, 1.165) is 6.42 Å². The molecular formula is C14H16S2. The van der Waals surface area contributed by atoms with Crippen LogP contribution in [0.4, 0.5) is 0 Å². The minimum Gasteiger partial charge on any atom is -0.145 e. The maximum Gasteiger partial charge on any atom is 0.0275 e. The van der Waals surface area contributed by atoms with Crippen molar-refractivity contribution in [3.05, 3.63) is 50.4 Å². The average Bonchev–Trinajstić information content (AvgIpc) is 2.89. The first-order valence-electron chi connectivity index (χ1n) is 5.53. The SMILES string of the molecule is C=Cc1ccc(C(CC)c2ccc(C)s2)s1. The molecule has 1 atom stereocenters. The number of hydrogen-bond acceptors (Lipinski definition) is 2. The van der Waals surface area contributed by atoms with Crippen molar-refractivity contribution in [1.82, 2.24) is 0 Å². The van der Waals surface area contributed by atoms with Gasteiger partial charge >= 0.3 is 0 Å². The fourth-order valence-electron chi connectivity index (χ4n) is 1.85. The molecule has 0 saturated carbocycles. The standard InChI is InChI=1S/C14H16S2/c1-4-11-7-9-14(16-11)12(5-2)13-8-6-10(3)15-13/h4,6-9,12H,1,5H2,2-3H3. The van der Waals surface area contributed by atoms with Crippen molar-refractivity contribution in [1.29, 1.82) is 0 Å². The highest BCUT2D eigenvalue weighted by atomic mass is 32.1. The van der Waals surface area contributed by atoms with E-state index in [2.05, 4.69) is 44.7 Å². The molecule has 0 fully saturated rings. The van der Waals surface area contributed by atoms with Crippen molar-refractivity contribution in [3.63, 3.8) is 0 Å². The number of rotatable bonds is 4. The van der Waals surface area contributed by atoms with Crippen molar-refractivity contribution in [2.75, 3.05) is 0 Å². The summed E-state index contributed by atoms with van der Waals surface area (Å²) in [5.41, 5.74) is 0. The summed E-state index contributed by atoms with van der Waals surface area (Å²) >= 11 is 3.77. The molecule has 16 heavy (non-hydrogen) atoms. The van der Waals surface area contributed by atoms with E-state index in [9.17, 15) is 0 Å². The van der Waals surface area contributed by atoms with Crippen molar-refractivity contribution in [3.8, 4) is 0 Å². The van der Waals surface area contributed by atoms with Gasteiger partial charge in [-0.2, -0.15) is 0 Å². The Morgan fingerprint density at radius 1 is 1.19 bits per heavy atom. The molecule has 2 heterocycles. The Bertz CT molecular complexity index is 476. The number of hydrogen-bond donors (Lipinski definition) is 0. The maximum absolute atomic E-state index is 3.82. The molecule has 0 spiro atoms. The molecule has 0 aliphatic carbocycles. The molecule has 0 radical (unpaired) electrons. The fraction of sp³-hybridized carbons (Fsp3) is 0.286. The Kier molecular flexibility index (Phi) is 3.62. The van der Waals surface area contributed by atoms with Gasteiger partial charge in [0.2, 0.25) is 0 Å². The molecule has 84 valence electrons. The molecule has 0 aliphatic heterocycles. The number of aryl methyl sites for hydroxylation is 1. The Morgan fingerprint density at radius 3 is 2.38 bits per heavy atom. The first-order valence-corrected chi connectivity index (χ1v) is 7.16. The van der Waals surface area contributed by atoms with Crippen molar-refractivity contribution in [2.45, 2.75) is 26.2 Å². The summed E-state index contributed by atoms with van der Waals surface area (Å²) in [7, 11) is 0. The van der Waals surface area contributed by atoms with Crippen molar-refractivity contribution in [2.24, 2.45) is 0 Å². The second kappa shape index (κ2) is 4.98. The van der Waals surface area contributed by atoms with Crippen LogP contribution >= 0.6 is 22.7 Å². The van der Waals surface area contributed by atoms with Gasteiger partial charge in [0.1, 0.15) is 0 Å². The van der Waals surface area contributed by atoms with E-state index >= 15 is 0 Å². The lowest BCUT2D eigenvalue weighted by atomic mass is 10.0. The second-order valence-corrected chi connectivity index (χ2v) is 6.32. The van der Waals surface area contributed by atoms with Crippen LogP contribution in [0.3, 0.4) is 0 Å². The van der Waals surface area contributed by atoms with E-state index < -0.39 is 0 Å². The molecule has 0 aromatic carbocycles. The molecule has 2 rings (SSSR count). The van der Waals surface area contributed by atoms with Gasteiger partial charge in [-0.15, -0.1) is 22.7 Å². The zero-order chi connectivity index (χ0) is 11.5. The summed E-state index contributed by atoms with van der Waals surface area (Å²) in [6.07, 6.45) is 3.09. The summed E-state index contributed by atoms with van der Waals surface area (Å²) in [6.45, 7) is 8.25. The predicted molar refractivity (Wildman–Crippen MR) is 75.6 cm³/mol. The first kappa shape index (κ1) is 11.6. The van der Waals surface area contributed by atoms with Crippen LogP contribution in [-0.4, -0.2) is 0 Å². The Balaban J connectivity index is 2.32. The molecule has 0 N–H and O–H groups in total. The Morgan fingerprint density at radius 2 is 1.88 bits per heavy atom. The summed E-state index contributed by atoms with van der Waals surface area (Å²) in [6, 6.07) is 8.88. The maximum atomic E-state index is 3.82. The van der Waals surface area contributed by atoms with Crippen molar-refractivity contribution < 1.29 is 0 Å². The predicted octanol–water partition coefficient (Wildman–Crippen LogP) is 5.30. The summed E-state index contributed by atoms with van der Waals surface area (Å²) in [4.78, 5) is 5.60. The lowest BCUT2D eigenvalue weighted by molar-refractivity contribution is 0.808. The fourth-order valence-corrected chi connectivity index (χ4v) is 4.07. The highest BCUT2D eigenvalue weighted by Gasteiger charge is 2.15. The van der Waals surface area contributed by atoms with Crippen LogP contribution in [0.5, 0.6) is 0 Å². The van der Waals surface area contributed by atoms with E-state index in [-0.39, 0.29) is 0 Å². The Labute approximate surface area is 105 Å². The lowest BCUT2D eigenvalue weighted by Crippen LogP contribution is -1.93. The zero-order valence-electron chi connectivity index (χ0n) is 9.69. The van der Waals surface area contributed by atoms with Gasteiger partial charge in [-0.05, 0) is 37.6 Å². The molecule has 2 heteroatoms. The molecule has 0 nitrogen and oxygen atoms in total. The van der Waals surface area contributed by atoms with E-state index in [0.29, 0.717) is 5.92 Å². The van der Waals surface area contributed by atoms with Crippen LogP contribution in [0.25, 0.3) is 6.08 Å². The van der Waals surface area contributed by atoms with Gasteiger partial charge < -0.3 is 0 Å². The third-order valence-electron chi connectivity index (χ3n) is 2.71. The highest BCUT2D eigenvalue weighted by molar-refractivity contribution is 7.14. The quantitative estimate of drug-likeness (QED) is 0.688. The molecule has 2 aromatic rings. The minimum absolute atomic E-state index is 0.567. The summed E-state index contributed by atoms with van der Waals surface area (Å²) in [5, 5.41) is 0. The van der Waals surface area contributed by atoms with Crippen LogP contribution in [0.1, 0.15) is 38.8 Å². The van der Waals surface area contributed by atoms with Gasteiger partial charge in [0.25, 0.3) is 0 Å². The van der Waals surface area contributed by atoms with Gasteiger partial charge in [0.05, 0.1) is 0 Å². The molecule has 2 aromatic heterocycles. The minimum atomic E-state index is 0.567. The molecule has 0 bridgehead atoms. The third kappa shape index (κ3) is 2.28. The van der Waals surface area contributed by atoms with Crippen molar-refractivity contribution >= 4 is 28.7 Å². The summed E-state index contributed by atoms with van der Waals surface area (Å²) < 4.78 is 0. The normalized spacial score (nSPS) is 12.6. The second-order valence-electron chi connectivity index (χ2n) is 3.85. The highest BCUT2D eigenvalue weighted by Crippen LogP contribution is 2.36. The van der Waals surface area contributed by atoms with Crippen LogP contribution < -0.4 is 0 Å². The number of thiophene rings is 2. The summed E-state index contributed by atoms with van der Waals surface area (Å²) in [5.74, 6) is 0.567. The van der Waals surface area contributed by atoms with Gasteiger partial charge in [0.15, 0.2) is 0 Å². The zero-order valence-corrected chi connectivity index (χ0v) is 11.3. The lowest BCUT2D eigenvalue weighted by Gasteiger charge is -2.10. The van der Waals surface area contributed by atoms with E-state index in [1.165, 1.54) is 19.5 Å². The topological polar surface area (TPSA) is 0 Å². The molecule has 0 aliphatic rings.